The summed E-state index contributed by atoms with van der Waals surface area (Å²) >= 11 is 1.45. The highest BCUT2D eigenvalue weighted by atomic mass is 32.1. The van der Waals surface area contributed by atoms with E-state index in [4.69, 9.17) is 0 Å². The van der Waals surface area contributed by atoms with Gasteiger partial charge < -0.3 is 0 Å². The number of nitrogens with one attached hydrogen (secondary N) is 2. The first-order chi connectivity index (χ1) is 12.8. The first-order valence-corrected chi connectivity index (χ1v) is 8.79. The number of nitrogens with zero attached hydrogens (tertiary/aromatic N) is 4. The zero-order valence-electron chi connectivity index (χ0n) is 13.6. The number of hydrogen-bond donors (Lipinski definition) is 2. The van der Waals surface area contributed by atoms with Gasteiger partial charge in [0.25, 0.3) is 5.91 Å². The summed E-state index contributed by atoms with van der Waals surface area (Å²) in [6.07, 6.45) is 2.36. The number of carbonyl (C=O) groups excluding carboxylic acids is 1. The van der Waals surface area contributed by atoms with E-state index in [1.54, 1.807) is 11.6 Å². The van der Waals surface area contributed by atoms with E-state index < -0.39 is 0 Å². The lowest BCUT2D eigenvalue weighted by Gasteiger charge is -1.97. The number of hydrogen-bond acceptors (Lipinski definition) is 6. The molecule has 0 aliphatic heterocycles. The Morgan fingerprint density at radius 1 is 1.08 bits per heavy atom. The minimum atomic E-state index is -0.341. The molecule has 128 valence electrons. The Hall–Kier alpha value is -3.39. The Bertz CT molecular complexity index is 1010. The van der Waals surface area contributed by atoms with E-state index in [2.05, 4.69) is 30.5 Å². The Labute approximate surface area is 153 Å². The first kappa shape index (κ1) is 16.1. The summed E-state index contributed by atoms with van der Waals surface area (Å²) in [6, 6.07) is 15.5. The molecule has 0 atom stereocenters. The second-order valence-electron chi connectivity index (χ2n) is 5.47. The highest BCUT2D eigenvalue weighted by molar-refractivity contribution is 7.09. The van der Waals surface area contributed by atoms with Gasteiger partial charge >= 0.3 is 0 Å². The number of benzene rings is 1. The summed E-state index contributed by atoms with van der Waals surface area (Å²) in [5.41, 5.74) is 2.16. The van der Waals surface area contributed by atoms with Crippen molar-refractivity contribution < 1.29 is 4.79 Å². The fraction of sp³-hybridized carbons (Fsp3) is 0.0556. The number of thiazole rings is 1. The van der Waals surface area contributed by atoms with E-state index in [1.165, 1.54) is 11.3 Å². The lowest BCUT2D eigenvalue weighted by atomic mass is 10.2. The van der Waals surface area contributed by atoms with Crippen LogP contribution in [0.4, 0.5) is 5.95 Å². The lowest BCUT2D eigenvalue weighted by molar-refractivity contribution is 0.102. The normalized spacial score (nSPS) is 10.6. The van der Waals surface area contributed by atoms with Crippen LogP contribution in [0.5, 0.6) is 0 Å². The van der Waals surface area contributed by atoms with Crippen LogP contribution in [-0.4, -0.2) is 31.1 Å². The number of aromatic amines is 1. The molecule has 1 amide bonds. The minimum Gasteiger partial charge on any atom is -0.288 e. The first-order valence-electron chi connectivity index (χ1n) is 7.91. The van der Waals surface area contributed by atoms with Crippen LogP contribution in [0.1, 0.15) is 21.1 Å². The van der Waals surface area contributed by atoms with Gasteiger partial charge in [0.1, 0.15) is 11.4 Å². The topological polar surface area (TPSA) is 96.5 Å². The fourth-order valence-corrected chi connectivity index (χ4v) is 3.18. The van der Waals surface area contributed by atoms with Crippen molar-refractivity contribution in [2.24, 2.45) is 0 Å². The van der Waals surface area contributed by atoms with E-state index in [1.807, 2.05) is 48.5 Å². The third kappa shape index (κ3) is 3.65. The molecule has 0 saturated carbocycles. The molecule has 0 aliphatic rings. The largest absolute Gasteiger partial charge is 0.288 e. The van der Waals surface area contributed by atoms with E-state index in [0.717, 1.165) is 10.6 Å². The van der Waals surface area contributed by atoms with Gasteiger partial charge in [-0.05, 0) is 17.7 Å². The quantitative estimate of drug-likeness (QED) is 0.568. The monoisotopic (exact) mass is 362 g/mol. The maximum Gasteiger partial charge on any atom is 0.277 e. The average molecular weight is 362 g/mol. The smallest absolute Gasteiger partial charge is 0.277 e. The number of rotatable bonds is 5. The molecule has 0 radical (unpaired) electrons. The molecule has 1 aromatic carbocycles. The molecule has 4 aromatic rings. The zero-order chi connectivity index (χ0) is 17.8. The van der Waals surface area contributed by atoms with Crippen LogP contribution in [0.15, 0.2) is 60.1 Å². The van der Waals surface area contributed by atoms with Gasteiger partial charge in [0.15, 0.2) is 5.82 Å². The molecule has 7 nitrogen and oxygen atoms in total. The second-order valence-corrected chi connectivity index (χ2v) is 6.41. The Morgan fingerprint density at radius 3 is 2.73 bits per heavy atom. The Morgan fingerprint density at radius 2 is 1.92 bits per heavy atom. The molecule has 3 heterocycles. The van der Waals surface area contributed by atoms with E-state index >= 15 is 0 Å². The summed E-state index contributed by atoms with van der Waals surface area (Å²) in [5, 5.41) is 12.0. The van der Waals surface area contributed by atoms with Gasteiger partial charge in [0.05, 0.1) is 5.01 Å². The van der Waals surface area contributed by atoms with Crippen molar-refractivity contribution in [3.63, 3.8) is 0 Å². The van der Waals surface area contributed by atoms with Crippen LogP contribution in [0.25, 0.3) is 11.5 Å². The third-order valence-corrected chi connectivity index (χ3v) is 4.45. The lowest BCUT2D eigenvalue weighted by Crippen LogP contribution is -2.13. The van der Waals surface area contributed by atoms with Crippen molar-refractivity contribution in [1.29, 1.82) is 0 Å². The van der Waals surface area contributed by atoms with Crippen LogP contribution in [0.2, 0.25) is 0 Å². The van der Waals surface area contributed by atoms with Crippen molar-refractivity contribution in [2.75, 3.05) is 5.32 Å². The minimum absolute atomic E-state index is 0.188. The van der Waals surface area contributed by atoms with Gasteiger partial charge in [-0.25, -0.2) is 4.98 Å². The molecular weight excluding hydrogens is 348 g/mol. The Kier molecular flexibility index (Phi) is 4.48. The molecule has 3 aromatic heterocycles. The van der Waals surface area contributed by atoms with E-state index in [9.17, 15) is 4.79 Å². The van der Waals surface area contributed by atoms with Crippen LogP contribution in [0, 0.1) is 0 Å². The van der Waals surface area contributed by atoms with Crippen molar-refractivity contribution in [1.82, 2.24) is 25.1 Å². The molecule has 0 fully saturated rings. The zero-order valence-corrected chi connectivity index (χ0v) is 14.4. The molecule has 4 rings (SSSR count). The maximum absolute atomic E-state index is 12.3. The van der Waals surface area contributed by atoms with Crippen LogP contribution < -0.4 is 5.32 Å². The molecule has 26 heavy (non-hydrogen) atoms. The number of aromatic nitrogens is 5. The molecule has 8 heteroatoms. The highest BCUT2D eigenvalue weighted by Crippen LogP contribution is 2.16. The van der Waals surface area contributed by atoms with Gasteiger partial charge in [0.2, 0.25) is 5.95 Å². The summed E-state index contributed by atoms with van der Waals surface area (Å²) in [7, 11) is 0. The highest BCUT2D eigenvalue weighted by Gasteiger charge is 2.14. The summed E-state index contributed by atoms with van der Waals surface area (Å²) < 4.78 is 0. The van der Waals surface area contributed by atoms with Crippen molar-refractivity contribution in [3.05, 3.63) is 76.4 Å². The predicted octanol–water partition coefficient (Wildman–Crippen LogP) is 3.17. The molecule has 0 saturated heterocycles. The van der Waals surface area contributed by atoms with Gasteiger partial charge in [-0.3, -0.25) is 20.2 Å². The van der Waals surface area contributed by atoms with Crippen LogP contribution >= 0.6 is 11.3 Å². The molecule has 0 aliphatic carbocycles. The SMILES string of the molecule is O=C(Nc1n[nH]c(-c2ccccn2)n1)c1csc(Cc2ccccc2)n1. The maximum atomic E-state index is 12.3. The van der Waals surface area contributed by atoms with Gasteiger partial charge in [-0.1, -0.05) is 36.4 Å². The Balaban J connectivity index is 1.43. The van der Waals surface area contributed by atoms with Gasteiger partial charge in [0, 0.05) is 18.0 Å². The van der Waals surface area contributed by atoms with Crippen molar-refractivity contribution in [2.45, 2.75) is 6.42 Å². The summed E-state index contributed by atoms with van der Waals surface area (Å²) in [4.78, 5) is 25.2. The number of pyridine rings is 1. The number of anilines is 1. The summed E-state index contributed by atoms with van der Waals surface area (Å²) in [5.74, 6) is 0.337. The van der Waals surface area contributed by atoms with Gasteiger partial charge in [-0.15, -0.1) is 16.4 Å². The number of H-pyrrole nitrogens is 1. The fourth-order valence-electron chi connectivity index (χ4n) is 2.37. The number of carbonyl (C=O) groups is 1. The number of amides is 1. The van der Waals surface area contributed by atoms with E-state index in [0.29, 0.717) is 23.6 Å². The molecule has 0 unspecified atom stereocenters. The molecule has 0 spiro atoms. The average Bonchev–Trinajstić information content (AvgIpc) is 3.33. The standard InChI is InChI=1S/C18H14N6OS/c25-17(14-11-26-15(20-14)10-12-6-2-1-3-7-12)22-18-21-16(23-24-18)13-8-4-5-9-19-13/h1-9,11H,10H2,(H2,21,22,23,24,25). The van der Waals surface area contributed by atoms with Crippen molar-refractivity contribution in [3.8, 4) is 11.5 Å². The molecular formula is C18H14N6OS. The molecule has 0 bridgehead atoms. The van der Waals surface area contributed by atoms with Crippen LogP contribution in [0.3, 0.4) is 0 Å². The molecule has 2 N–H and O–H groups in total. The van der Waals surface area contributed by atoms with Crippen molar-refractivity contribution >= 4 is 23.2 Å². The van der Waals surface area contributed by atoms with Gasteiger partial charge in [-0.2, -0.15) is 4.98 Å². The third-order valence-electron chi connectivity index (χ3n) is 3.60. The van der Waals surface area contributed by atoms with Crippen LogP contribution in [-0.2, 0) is 6.42 Å². The predicted molar refractivity (Wildman–Crippen MR) is 98.9 cm³/mol. The second kappa shape index (κ2) is 7.24. The summed E-state index contributed by atoms with van der Waals surface area (Å²) in [6.45, 7) is 0. The van der Waals surface area contributed by atoms with E-state index in [-0.39, 0.29) is 11.9 Å².